The lowest BCUT2D eigenvalue weighted by atomic mass is 9.76. The molecule has 5 rings (SSSR count). The molecule has 2 fully saturated rings. The van der Waals surface area contributed by atoms with Crippen LogP contribution in [-0.4, -0.2) is 60.1 Å². The summed E-state index contributed by atoms with van der Waals surface area (Å²) in [4.78, 5) is 33.6. The maximum absolute atomic E-state index is 13.2. The number of hydrogen-bond donors (Lipinski definition) is 0. The van der Waals surface area contributed by atoms with Gasteiger partial charge in [-0.1, -0.05) is 27.5 Å². The molecule has 1 aromatic carbocycles. The van der Waals surface area contributed by atoms with Gasteiger partial charge in [0.25, 0.3) is 0 Å². The summed E-state index contributed by atoms with van der Waals surface area (Å²) < 4.78 is 6.88. The molecule has 1 aromatic heterocycles. The summed E-state index contributed by atoms with van der Waals surface area (Å²) in [6.07, 6.45) is 7.66. The zero-order valence-electron chi connectivity index (χ0n) is 21.0. The average molecular weight is 654 g/mol. The molecule has 37 heavy (non-hydrogen) atoms. The number of methoxy groups -OCH3 is 1. The van der Waals surface area contributed by atoms with Crippen LogP contribution < -0.4 is 0 Å². The second-order valence-electron chi connectivity index (χ2n) is 10.5. The molecule has 2 aromatic rings. The zero-order chi connectivity index (χ0) is 26.1. The number of carbonyl (C=O) groups excluding carboxylic acids is 2. The van der Waals surface area contributed by atoms with Gasteiger partial charge in [-0.05, 0) is 101 Å². The second kappa shape index (κ2) is 11.6. The van der Waals surface area contributed by atoms with Crippen LogP contribution in [0.2, 0.25) is 5.02 Å². The van der Waals surface area contributed by atoms with Crippen LogP contribution in [0.3, 0.4) is 0 Å². The number of fused-ring (bicyclic) bond motifs is 2. The summed E-state index contributed by atoms with van der Waals surface area (Å²) in [5.74, 6) is 1.14. The highest BCUT2D eigenvalue weighted by Crippen LogP contribution is 2.46. The highest BCUT2D eigenvalue weighted by molar-refractivity contribution is 9.10. The van der Waals surface area contributed by atoms with Crippen molar-refractivity contribution in [2.75, 3.05) is 33.3 Å². The van der Waals surface area contributed by atoms with E-state index in [4.69, 9.17) is 21.3 Å². The van der Waals surface area contributed by atoms with Gasteiger partial charge in [-0.25, -0.2) is 4.79 Å². The smallest absolute Gasteiger partial charge is 0.409 e. The molecule has 3 aliphatic rings. The van der Waals surface area contributed by atoms with Crippen molar-refractivity contribution in [3.05, 3.63) is 60.7 Å². The highest BCUT2D eigenvalue weighted by atomic mass is 79.9. The van der Waals surface area contributed by atoms with Crippen LogP contribution in [0, 0.1) is 11.8 Å². The van der Waals surface area contributed by atoms with Crippen molar-refractivity contribution >= 4 is 55.5 Å². The third kappa shape index (κ3) is 5.86. The summed E-state index contributed by atoms with van der Waals surface area (Å²) in [6.45, 7) is 2.87. The Bertz CT molecular complexity index is 1180. The van der Waals surface area contributed by atoms with Crippen LogP contribution >= 0.6 is 43.5 Å². The van der Waals surface area contributed by atoms with Gasteiger partial charge in [0.2, 0.25) is 5.91 Å². The van der Waals surface area contributed by atoms with Gasteiger partial charge in [0.15, 0.2) is 0 Å². The first-order valence-electron chi connectivity index (χ1n) is 13.1. The third-order valence-corrected chi connectivity index (χ3v) is 9.60. The molecule has 2 amide bonds. The Balaban J connectivity index is 1.28. The molecular formula is C28H32Br2ClN3O3. The molecule has 0 saturated carbocycles. The number of nitrogens with zero attached hydrogens (tertiary/aromatic N) is 3. The summed E-state index contributed by atoms with van der Waals surface area (Å²) in [5.41, 5.74) is 5.04. The number of ether oxygens (including phenoxy) is 1. The average Bonchev–Trinajstić information content (AvgIpc) is 3.05. The van der Waals surface area contributed by atoms with Crippen molar-refractivity contribution in [1.82, 2.24) is 14.8 Å². The fourth-order valence-electron chi connectivity index (χ4n) is 6.34. The topological polar surface area (TPSA) is 62.7 Å². The van der Waals surface area contributed by atoms with Gasteiger partial charge >= 0.3 is 6.09 Å². The van der Waals surface area contributed by atoms with E-state index in [1.807, 2.05) is 17.2 Å². The molecule has 1 aliphatic carbocycles. The number of hydrogen-bond acceptors (Lipinski definition) is 4. The van der Waals surface area contributed by atoms with E-state index < -0.39 is 0 Å². The minimum absolute atomic E-state index is 0.173. The number of halogens is 3. The van der Waals surface area contributed by atoms with E-state index in [0.29, 0.717) is 31.3 Å². The normalized spacial score (nSPS) is 20.7. The van der Waals surface area contributed by atoms with Crippen LogP contribution in [-0.2, 0) is 22.4 Å². The third-order valence-electron chi connectivity index (χ3n) is 8.29. The van der Waals surface area contributed by atoms with Crippen molar-refractivity contribution in [2.24, 2.45) is 11.8 Å². The summed E-state index contributed by atoms with van der Waals surface area (Å²) in [5, 5.41) is 0.752. The summed E-state index contributed by atoms with van der Waals surface area (Å²) >= 11 is 13.9. The molecule has 0 bridgehead atoms. The SMILES string of the molecule is COC(=O)N1CCC(CC(=O)N2CCC([C@H]3c4ncc(Br)cc4CCc4cc(Cl)cc(Br)c43)CC2)CC1. The predicted octanol–water partition coefficient (Wildman–Crippen LogP) is 6.60. The van der Waals surface area contributed by atoms with Crippen LogP contribution in [0.15, 0.2) is 33.3 Å². The first-order chi connectivity index (χ1) is 17.8. The van der Waals surface area contributed by atoms with Gasteiger partial charge < -0.3 is 14.5 Å². The molecule has 6 nitrogen and oxygen atoms in total. The Morgan fingerprint density at radius 2 is 1.68 bits per heavy atom. The maximum Gasteiger partial charge on any atom is 0.409 e. The lowest BCUT2D eigenvalue weighted by molar-refractivity contribution is -0.134. The van der Waals surface area contributed by atoms with Gasteiger partial charge in [0.05, 0.1) is 12.8 Å². The first-order valence-corrected chi connectivity index (χ1v) is 15.0. The van der Waals surface area contributed by atoms with E-state index in [-0.39, 0.29) is 17.9 Å². The number of piperidine rings is 2. The minimum atomic E-state index is -0.274. The molecule has 0 N–H and O–H groups in total. The van der Waals surface area contributed by atoms with Crippen molar-refractivity contribution in [3.8, 4) is 0 Å². The van der Waals surface area contributed by atoms with Crippen molar-refractivity contribution in [3.63, 3.8) is 0 Å². The fraction of sp³-hybridized carbons (Fsp3) is 0.536. The number of likely N-dealkylation sites (tertiary alicyclic amines) is 2. The van der Waals surface area contributed by atoms with E-state index in [1.165, 1.54) is 23.8 Å². The number of amides is 2. The van der Waals surface area contributed by atoms with E-state index in [9.17, 15) is 9.59 Å². The van der Waals surface area contributed by atoms with Crippen LogP contribution in [0.4, 0.5) is 4.79 Å². The van der Waals surface area contributed by atoms with E-state index in [2.05, 4.69) is 44.0 Å². The van der Waals surface area contributed by atoms with Crippen molar-refractivity contribution < 1.29 is 14.3 Å². The van der Waals surface area contributed by atoms with Gasteiger partial charge in [0, 0.05) is 58.7 Å². The first kappa shape index (κ1) is 26.9. The van der Waals surface area contributed by atoms with Crippen LogP contribution in [0.1, 0.15) is 60.4 Å². The Morgan fingerprint density at radius 1 is 1.00 bits per heavy atom. The summed E-state index contributed by atoms with van der Waals surface area (Å²) in [7, 11) is 1.41. The number of aryl methyl sites for hydroxylation is 2. The standard InChI is InChI=1S/C28H32Br2ClN3O3/c1-37-28(36)34-8-4-17(5-9-34)12-24(35)33-10-6-18(7-11-33)26-25-19(14-22(31)15-23(25)30)2-3-20-13-21(29)16-32-27(20)26/h13-18,26H,2-12H2,1H3/t26-/m1/s1. The zero-order valence-corrected chi connectivity index (χ0v) is 24.9. The molecular weight excluding hydrogens is 622 g/mol. The highest BCUT2D eigenvalue weighted by Gasteiger charge is 2.36. The number of rotatable bonds is 3. The number of carbonyl (C=O) groups is 2. The number of pyridine rings is 1. The monoisotopic (exact) mass is 651 g/mol. The fourth-order valence-corrected chi connectivity index (χ4v) is 7.84. The molecule has 0 spiro atoms. The van der Waals surface area contributed by atoms with E-state index >= 15 is 0 Å². The number of aromatic nitrogens is 1. The molecule has 0 radical (unpaired) electrons. The second-order valence-corrected chi connectivity index (χ2v) is 12.7. The molecule has 2 saturated heterocycles. The number of benzene rings is 1. The largest absolute Gasteiger partial charge is 0.453 e. The van der Waals surface area contributed by atoms with Gasteiger partial charge in [-0.2, -0.15) is 0 Å². The summed E-state index contributed by atoms with van der Waals surface area (Å²) in [6, 6.07) is 6.32. The van der Waals surface area contributed by atoms with E-state index in [0.717, 1.165) is 71.3 Å². The predicted molar refractivity (Wildman–Crippen MR) is 151 cm³/mol. The molecule has 1 atom stereocenters. The quantitative estimate of drug-likeness (QED) is 0.375. The Labute approximate surface area is 240 Å². The Hall–Kier alpha value is -1.64. The molecule has 3 heterocycles. The lowest BCUT2D eigenvalue weighted by Crippen LogP contribution is -2.42. The Kier molecular flexibility index (Phi) is 8.46. The minimum Gasteiger partial charge on any atom is -0.453 e. The molecule has 198 valence electrons. The van der Waals surface area contributed by atoms with Crippen LogP contribution in [0.5, 0.6) is 0 Å². The molecule has 9 heteroatoms. The van der Waals surface area contributed by atoms with Crippen molar-refractivity contribution in [2.45, 2.75) is 50.9 Å². The Morgan fingerprint density at radius 3 is 2.38 bits per heavy atom. The molecule has 2 aliphatic heterocycles. The van der Waals surface area contributed by atoms with E-state index in [1.54, 1.807) is 4.90 Å². The van der Waals surface area contributed by atoms with Gasteiger partial charge in [-0.3, -0.25) is 9.78 Å². The van der Waals surface area contributed by atoms with Gasteiger partial charge in [0.1, 0.15) is 0 Å². The van der Waals surface area contributed by atoms with Crippen LogP contribution in [0.25, 0.3) is 0 Å². The van der Waals surface area contributed by atoms with Gasteiger partial charge in [-0.15, -0.1) is 0 Å². The van der Waals surface area contributed by atoms with Crippen molar-refractivity contribution in [1.29, 1.82) is 0 Å². The maximum atomic E-state index is 13.2. The lowest BCUT2D eigenvalue weighted by Gasteiger charge is -2.38. The molecule has 0 unspecified atom stereocenters.